The summed E-state index contributed by atoms with van der Waals surface area (Å²) in [4.78, 5) is 29.3. The molecule has 0 aliphatic rings. The average Bonchev–Trinajstić information content (AvgIpc) is 2.67. The summed E-state index contributed by atoms with van der Waals surface area (Å²) in [6, 6.07) is 12.9. The van der Waals surface area contributed by atoms with Crippen LogP contribution in [0.5, 0.6) is 0 Å². The standard InChI is InChI=1S/C21H20ClFN4O2/c1-3-14-5-4-6-15(10-14)26-21-24-13(2)9-20(29)27(21)12-19(28)25-16-7-8-18(23)17(22)11-16/h4-11H,3,12H2,1-2H3,(H,24,26)(H,25,28). The lowest BCUT2D eigenvalue weighted by Crippen LogP contribution is -2.30. The van der Waals surface area contributed by atoms with Gasteiger partial charge >= 0.3 is 0 Å². The molecule has 0 aliphatic heterocycles. The molecule has 0 saturated heterocycles. The minimum absolute atomic E-state index is 0.102. The topological polar surface area (TPSA) is 76.0 Å². The number of carbonyl (C=O) groups is 1. The number of hydrogen-bond donors (Lipinski definition) is 2. The van der Waals surface area contributed by atoms with Crippen LogP contribution >= 0.6 is 11.6 Å². The molecular weight excluding hydrogens is 395 g/mol. The van der Waals surface area contributed by atoms with Crippen LogP contribution in [0.25, 0.3) is 0 Å². The zero-order valence-corrected chi connectivity index (χ0v) is 16.8. The van der Waals surface area contributed by atoms with Gasteiger partial charge in [-0.05, 0) is 49.2 Å². The minimum Gasteiger partial charge on any atom is -0.326 e. The number of nitrogens with zero attached hydrogens (tertiary/aromatic N) is 2. The molecule has 6 nitrogen and oxygen atoms in total. The van der Waals surface area contributed by atoms with Crippen LogP contribution < -0.4 is 16.2 Å². The van der Waals surface area contributed by atoms with Crippen molar-refractivity contribution >= 4 is 34.8 Å². The van der Waals surface area contributed by atoms with Gasteiger partial charge in [0.2, 0.25) is 11.9 Å². The lowest BCUT2D eigenvalue weighted by molar-refractivity contribution is -0.116. The van der Waals surface area contributed by atoms with Gasteiger partial charge in [-0.2, -0.15) is 0 Å². The van der Waals surface area contributed by atoms with Gasteiger partial charge in [-0.3, -0.25) is 14.2 Å². The maximum atomic E-state index is 13.3. The molecule has 3 aromatic rings. The van der Waals surface area contributed by atoms with Crippen LogP contribution in [0.4, 0.5) is 21.7 Å². The lowest BCUT2D eigenvalue weighted by Gasteiger charge is -2.15. The van der Waals surface area contributed by atoms with E-state index in [1.54, 1.807) is 6.92 Å². The van der Waals surface area contributed by atoms with Crippen molar-refractivity contribution in [3.63, 3.8) is 0 Å². The van der Waals surface area contributed by atoms with Gasteiger partial charge in [-0.25, -0.2) is 9.37 Å². The van der Waals surface area contributed by atoms with Crippen LogP contribution in [0.1, 0.15) is 18.2 Å². The maximum Gasteiger partial charge on any atom is 0.255 e. The number of hydrogen-bond acceptors (Lipinski definition) is 4. The minimum atomic E-state index is -0.579. The number of rotatable bonds is 6. The number of anilines is 3. The predicted molar refractivity (Wildman–Crippen MR) is 112 cm³/mol. The van der Waals surface area contributed by atoms with Gasteiger partial charge in [0, 0.05) is 23.1 Å². The fraction of sp³-hybridized carbons (Fsp3) is 0.190. The van der Waals surface area contributed by atoms with Gasteiger partial charge in [-0.1, -0.05) is 30.7 Å². The molecule has 0 atom stereocenters. The number of aryl methyl sites for hydroxylation is 2. The van der Waals surface area contributed by atoms with Gasteiger partial charge in [0.15, 0.2) is 0 Å². The molecule has 0 bridgehead atoms. The van der Waals surface area contributed by atoms with Gasteiger partial charge in [-0.15, -0.1) is 0 Å². The largest absolute Gasteiger partial charge is 0.326 e. The van der Waals surface area contributed by atoms with E-state index in [-0.39, 0.29) is 23.1 Å². The van der Waals surface area contributed by atoms with Gasteiger partial charge < -0.3 is 10.6 Å². The Kier molecular flexibility index (Phi) is 6.29. The molecule has 0 aliphatic carbocycles. The monoisotopic (exact) mass is 414 g/mol. The molecule has 0 unspecified atom stereocenters. The first kappa shape index (κ1) is 20.5. The summed E-state index contributed by atoms with van der Waals surface area (Å²) in [6.45, 7) is 3.49. The highest BCUT2D eigenvalue weighted by molar-refractivity contribution is 6.31. The molecule has 1 aromatic heterocycles. The smallest absolute Gasteiger partial charge is 0.255 e. The van der Waals surface area contributed by atoms with Crippen LogP contribution in [0, 0.1) is 12.7 Å². The number of aromatic nitrogens is 2. The van der Waals surface area contributed by atoms with Crippen molar-refractivity contribution in [1.29, 1.82) is 0 Å². The molecule has 29 heavy (non-hydrogen) atoms. The maximum absolute atomic E-state index is 13.3. The molecule has 2 N–H and O–H groups in total. The number of carbonyl (C=O) groups excluding carboxylic acids is 1. The normalized spacial score (nSPS) is 10.6. The lowest BCUT2D eigenvalue weighted by atomic mass is 10.1. The number of amides is 1. The van der Waals surface area contributed by atoms with Crippen molar-refractivity contribution in [2.75, 3.05) is 10.6 Å². The Hall–Kier alpha value is -3.19. The van der Waals surface area contributed by atoms with Crippen LogP contribution in [0.3, 0.4) is 0 Å². The molecule has 1 amide bonds. The summed E-state index contributed by atoms with van der Waals surface area (Å²) in [6.07, 6.45) is 0.867. The summed E-state index contributed by atoms with van der Waals surface area (Å²) in [5.74, 6) is -0.786. The Labute approximate surface area is 172 Å². The van der Waals surface area contributed by atoms with E-state index in [9.17, 15) is 14.0 Å². The second-order valence-electron chi connectivity index (χ2n) is 6.50. The summed E-state index contributed by atoms with van der Waals surface area (Å²) in [7, 11) is 0. The fourth-order valence-electron chi connectivity index (χ4n) is 2.79. The van der Waals surface area contributed by atoms with Crippen molar-refractivity contribution in [2.24, 2.45) is 0 Å². The van der Waals surface area contributed by atoms with E-state index < -0.39 is 11.7 Å². The zero-order chi connectivity index (χ0) is 21.0. The fourth-order valence-corrected chi connectivity index (χ4v) is 2.97. The Morgan fingerprint density at radius 2 is 1.97 bits per heavy atom. The van der Waals surface area contributed by atoms with E-state index in [4.69, 9.17) is 11.6 Å². The first-order valence-corrected chi connectivity index (χ1v) is 9.43. The third-order valence-corrected chi connectivity index (χ3v) is 4.52. The highest BCUT2D eigenvalue weighted by Crippen LogP contribution is 2.20. The molecule has 0 radical (unpaired) electrons. The SMILES string of the molecule is CCc1cccc(Nc2nc(C)cc(=O)n2CC(=O)Nc2ccc(F)c(Cl)c2)c1. The van der Waals surface area contributed by atoms with E-state index in [1.165, 1.54) is 22.8 Å². The molecule has 0 spiro atoms. The Morgan fingerprint density at radius 1 is 1.17 bits per heavy atom. The summed E-state index contributed by atoms with van der Waals surface area (Å²) >= 11 is 5.74. The zero-order valence-electron chi connectivity index (χ0n) is 16.0. The molecule has 8 heteroatoms. The molecule has 150 valence electrons. The molecule has 3 rings (SSSR count). The van der Waals surface area contributed by atoms with Crippen LogP contribution in [-0.4, -0.2) is 15.5 Å². The molecule has 0 saturated carbocycles. The van der Waals surface area contributed by atoms with E-state index in [1.807, 2.05) is 31.2 Å². The molecule has 0 fully saturated rings. The summed E-state index contributed by atoms with van der Waals surface area (Å²) in [5, 5.41) is 5.62. The van der Waals surface area contributed by atoms with E-state index in [0.29, 0.717) is 11.4 Å². The Balaban J connectivity index is 1.85. The third-order valence-electron chi connectivity index (χ3n) is 4.23. The van der Waals surface area contributed by atoms with Gasteiger partial charge in [0.25, 0.3) is 5.56 Å². The highest BCUT2D eigenvalue weighted by atomic mass is 35.5. The second kappa shape index (κ2) is 8.87. The summed E-state index contributed by atoms with van der Waals surface area (Å²) < 4.78 is 14.5. The summed E-state index contributed by atoms with van der Waals surface area (Å²) in [5.41, 5.74) is 2.40. The van der Waals surface area contributed by atoms with Crippen molar-refractivity contribution in [2.45, 2.75) is 26.8 Å². The van der Waals surface area contributed by atoms with Crippen molar-refractivity contribution in [1.82, 2.24) is 9.55 Å². The average molecular weight is 415 g/mol. The number of halogens is 2. The van der Waals surface area contributed by atoms with Gasteiger partial charge in [0.05, 0.1) is 5.02 Å². The van der Waals surface area contributed by atoms with Crippen molar-refractivity contribution in [3.8, 4) is 0 Å². The van der Waals surface area contributed by atoms with Crippen LogP contribution in [0.2, 0.25) is 5.02 Å². The highest BCUT2D eigenvalue weighted by Gasteiger charge is 2.13. The first-order chi connectivity index (χ1) is 13.9. The Bertz CT molecular complexity index is 1110. The number of nitrogens with one attached hydrogen (secondary N) is 2. The van der Waals surface area contributed by atoms with E-state index in [0.717, 1.165) is 23.7 Å². The predicted octanol–water partition coefficient (Wildman–Crippen LogP) is 4.29. The van der Waals surface area contributed by atoms with Crippen molar-refractivity contribution in [3.05, 3.63) is 81.0 Å². The molecule has 1 heterocycles. The first-order valence-electron chi connectivity index (χ1n) is 9.05. The third kappa shape index (κ3) is 5.20. The van der Waals surface area contributed by atoms with E-state index in [2.05, 4.69) is 15.6 Å². The quantitative estimate of drug-likeness (QED) is 0.631. The molecule has 2 aromatic carbocycles. The molecular formula is C21H20ClFN4O2. The van der Waals surface area contributed by atoms with Crippen LogP contribution in [-0.2, 0) is 17.8 Å². The van der Waals surface area contributed by atoms with Crippen LogP contribution in [0.15, 0.2) is 53.3 Å². The second-order valence-corrected chi connectivity index (χ2v) is 6.91. The van der Waals surface area contributed by atoms with Crippen molar-refractivity contribution < 1.29 is 9.18 Å². The van der Waals surface area contributed by atoms with E-state index >= 15 is 0 Å². The number of benzene rings is 2. The Morgan fingerprint density at radius 3 is 2.69 bits per heavy atom. The van der Waals surface area contributed by atoms with Gasteiger partial charge in [0.1, 0.15) is 12.4 Å².